The van der Waals surface area contributed by atoms with Crippen molar-refractivity contribution >= 4 is 0 Å². The minimum atomic E-state index is 0.341. The molecular weight excluding hydrogens is 208 g/mol. The van der Waals surface area contributed by atoms with Crippen molar-refractivity contribution in [2.75, 3.05) is 26.2 Å². The number of hydrogen-bond acceptors (Lipinski definition) is 2. The van der Waals surface area contributed by atoms with Crippen molar-refractivity contribution in [1.29, 1.82) is 0 Å². The van der Waals surface area contributed by atoms with Crippen LogP contribution in [0, 0.1) is 11.3 Å². The molecule has 0 spiro atoms. The van der Waals surface area contributed by atoms with E-state index in [-0.39, 0.29) is 0 Å². The van der Waals surface area contributed by atoms with Crippen molar-refractivity contribution in [3.05, 3.63) is 0 Å². The summed E-state index contributed by atoms with van der Waals surface area (Å²) in [6.07, 6.45) is 1.41. The second kappa shape index (κ2) is 4.24. The van der Waals surface area contributed by atoms with Gasteiger partial charge in [-0.05, 0) is 45.1 Å². The molecule has 2 heterocycles. The number of hydrogen-bond donors (Lipinski definition) is 0. The topological polar surface area (TPSA) is 6.48 Å². The van der Waals surface area contributed by atoms with Gasteiger partial charge in [-0.25, -0.2) is 0 Å². The lowest BCUT2D eigenvalue weighted by Crippen LogP contribution is -2.67. The summed E-state index contributed by atoms with van der Waals surface area (Å²) in [5.74, 6) is 0.982. The highest BCUT2D eigenvalue weighted by atomic mass is 15.3. The van der Waals surface area contributed by atoms with Gasteiger partial charge in [0.05, 0.1) is 0 Å². The third kappa shape index (κ3) is 3.03. The van der Waals surface area contributed by atoms with Gasteiger partial charge in [0.1, 0.15) is 0 Å². The SMILES string of the molecule is CC(C)(C)CN1CC2CCN(C(C)(C)C)CC21. The summed E-state index contributed by atoms with van der Waals surface area (Å²) < 4.78 is 0. The number of nitrogens with zero attached hydrogens (tertiary/aromatic N) is 2. The van der Waals surface area contributed by atoms with Crippen molar-refractivity contribution < 1.29 is 0 Å². The van der Waals surface area contributed by atoms with Gasteiger partial charge in [-0.2, -0.15) is 0 Å². The van der Waals surface area contributed by atoms with Gasteiger partial charge in [-0.3, -0.25) is 9.80 Å². The van der Waals surface area contributed by atoms with E-state index >= 15 is 0 Å². The van der Waals surface area contributed by atoms with Crippen LogP contribution in [0.5, 0.6) is 0 Å². The molecule has 0 N–H and O–H groups in total. The Bertz CT molecular complexity index is 270. The lowest BCUT2D eigenvalue weighted by Gasteiger charge is -2.57. The normalized spacial score (nSPS) is 32.1. The molecule has 2 unspecified atom stereocenters. The number of piperidine rings is 1. The first-order valence-corrected chi connectivity index (χ1v) is 7.16. The summed E-state index contributed by atoms with van der Waals surface area (Å²) >= 11 is 0. The van der Waals surface area contributed by atoms with E-state index in [4.69, 9.17) is 0 Å². The molecule has 2 heteroatoms. The van der Waals surface area contributed by atoms with Crippen LogP contribution in [0.25, 0.3) is 0 Å². The minimum Gasteiger partial charge on any atom is -0.298 e. The molecule has 0 bridgehead atoms. The Morgan fingerprint density at radius 2 is 1.65 bits per heavy atom. The first-order chi connectivity index (χ1) is 7.67. The van der Waals surface area contributed by atoms with E-state index in [9.17, 15) is 0 Å². The molecule has 0 aromatic heterocycles. The highest BCUT2D eigenvalue weighted by molar-refractivity contribution is 5.00. The predicted molar refractivity (Wildman–Crippen MR) is 74.2 cm³/mol. The van der Waals surface area contributed by atoms with Gasteiger partial charge >= 0.3 is 0 Å². The molecule has 2 rings (SSSR count). The molecule has 2 fully saturated rings. The van der Waals surface area contributed by atoms with Gasteiger partial charge in [-0.1, -0.05) is 20.8 Å². The van der Waals surface area contributed by atoms with Crippen molar-refractivity contribution in [3.63, 3.8) is 0 Å². The third-order valence-corrected chi connectivity index (χ3v) is 4.29. The van der Waals surface area contributed by atoms with Crippen LogP contribution in [0.1, 0.15) is 48.0 Å². The van der Waals surface area contributed by atoms with Gasteiger partial charge in [0.15, 0.2) is 0 Å². The summed E-state index contributed by atoms with van der Waals surface area (Å²) in [5, 5.41) is 0. The molecule has 0 aromatic carbocycles. The Balaban J connectivity index is 1.93. The molecule has 0 amide bonds. The molecule has 2 aliphatic heterocycles. The van der Waals surface area contributed by atoms with Gasteiger partial charge < -0.3 is 0 Å². The molecule has 0 aliphatic carbocycles. The molecule has 0 aromatic rings. The number of fused-ring (bicyclic) bond motifs is 1. The van der Waals surface area contributed by atoms with E-state index in [1.807, 2.05) is 0 Å². The fourth-order valence-corrected chi connectivity index (χ4v) is 3.31. The third-order valence-electron chi connectivity index (χ3n) is 4.29. The standard InChI is InChI=1S/C15H30N2/c1-14(2,3)11-16-9-12-7-8-17(10-13(12)16)15(4,5)6/h12-13H,7-11H2,1-6H3. The molecule has 2 saturated heterocycles. The van der Waals surface area contributed by atoms with Crippen LogP contribution in [-0.4, -0.2) is 47.6 Å². The van der Waals surface area contributed by atoms with E-state index in [0.29, 0.717) is 11.0 Å². The zero-order chi connectivity index (χ0) is 12.8. The van der Waals surface area contributed by atoms with Crippen LogP contribution in [0.4, 0.5) is 0 Å². The second-order valence-electron chi connectivity index (χ2n) is 8.22. The van der Waals surface area contributed by atoms with Crippen molar-refractivity contribution in [2.24, 2.45) is 11.3 Å². The molecule has 17 heavy (non-hydrogen) atoms. The average molecular weight is 238 g/mol. The maximum atomic E-state index is 2.71. The van der Waals surface area contributed by atoms with E-state index < -0.39 is 0 Å². The second-order valence-corrected chi connectivity index (χ2v) is 8.22. The van der Waals surface area contributed by atoms with E-state index in [1.54, 1.807) is 0 Å². The molecule has 0 saturated carbocycles. The number of rotatable bonds is 1. The average Bonchev–Trinajstić information content (AvgIpc) is 2.10. The molecule has 2 aliphatic rings. The van der Waals surface area contributed by atoms with Crippen LogP contribution < -0.4 is 0 Å². The number of likely N-dealkylation sites (tertiary alicyclic amines) is 2. The van der Waals surface area contributed by atoms with Gasteiger partial charge in [0.25, 0.3) is 0 Å². The van der Waals surface area contributed by atoms with Crippen LogP contribution in [-0.2, 0) is 0 Å². The maximum Gasteiger partial charge on any atom is 0.0264 e. The summed E-state index contributed by atoms with van der Waals surface area (Å²) in [5.41, 5.74) is 0.781. The lowest BCUT2D eigenvalue weighted by molar-refractivity contribution is -0.0781. The molecule has 0 radical (unpaired) electrons. The molecule has 100 valence electrons. The first kappa shape index (κ1) is 13.4. The summed E-state index contributed by atoms with van der Waals surface area (Å²) in [4.78, 5) is 5.38. The van der Waals surface area contributed by atoms with Crippen molar-refractivity contribution in [1.82, 2.24) is 9.80 Å². The fourth-order valence-electron chi connectivity index (χ4n) is 3.31. The minimum absolute atomic E-state index is 0.341. The van der Waals surface area contributed by atoms with E-state index in [2.05, 4.69) is 51.3 Å². The van der Waals surface area contributed by atoms with Crippen LogP contribution in [0.2, 0.25) is 0 Å². The maximum absolute atomic E-state index is 2.71. The van der Waals surface area contributed by atoms with Crippen molar-refractivity contribution in [3.8, 4) is 0 Å². The van der Waals surface area contributed by atoms with Gasteiger partial charge in [0.2, 0.25) is 0 Å². The highest BCUT2D eigenvalue weighted by Crippen LogP contribution is 2.36. The molecule has 2 nitrogen and oxygen atoms in total. The molecular formula is C15H30N2. The quantitative estimate of drug-likeness (QED) is 0.693. The monoisotopic (exact) mass is 238 g/mol. The van der Waals surface area contributed by atoms with Gasteiger partial charge in [0, 0.05) is 31.2 Å². The predicted octanol–water partition coefficient (Wildman–Crippen LogP) is 2.84. The zero-order valence-corrected chi connectivity index (χ0v) is 12.6. The Morgan fingerprint density at radius 1 is 1.00 bits per heavy atom. The van der Waals surface area contributed by atoms with Crippen molar-refractivity contribution in [2.45, 2.75) is 59.5 Å². The highest BCUT2D eigenvalue weighted by Gasteiger charge is 2.44. The van der Waals surface area contributed by atoms with Gasteiger partial charge in [-0.15, -0.1) is 0 Å². The Kier molecular flexibility index (Phi) is 3.33. The van der Waals surface area contributed by atoms with E-state index in [0.717, 1.165) is 12.0 Å². The summed E-state index contributed by atoms with van der Waals surface area (Å²) in [6, 6.07) is 0.835. The summed E-state index contributed by atoms with van der Waals surface area (Å²) in [6.45, 7) is 19.3. The van der Waals surface area contributed by atoms with Crippen LogP contribution in [0.3, 0.4) is 0 Å². The molecule has 2 atom stereocenters. The smallest absolute Gasteiger partial charge is 0.0264 e. The Labute approximate surface area is 107 Å². The van der Waals surface area contributed by atoms with Crippen LogP contribution in [0.15, 0.2) is 0 Å². The Hall–Kier alpha value is -0.0800. The van der Waals surface area contributed by atoms with E-state index in [1.165, 1.54) is 32.6 Å². The largest absolute Gasteiger partial charge is 0.298 e. The lowest BCUT2D eigenvalue weighted by atomic mass is 9.79. The van der Waals surface area contributed by atoms with Crippen LogP contribution >= 0.6 is 0 Å². The zero-order valence-electron chi connectivity index (χ0n) is 12.6. The fraction of sp³-hybridized carbons (Fsp3) is 1.00. The summed E-state index contributed by atoms with van der Waals surface area (Å²) in [7, 11) is 0. The Morgan fingerprint density at radius 3 is 2.18 bits per heavy atom. The first-order valence-electron chi connectivity index (χ1n) is 7.16.